The molecule has 0 saturated carbocycles. The summed E-state index contributed by atoms with van der Waals surface area (Å²) in [5.74, 6) is -1.22. The number of benzene rings is 1. The summed E-state index contributed by atoms with van der Waals surface area (Å²) in [6, 6.07) is 5.56. The molecule has 2 aromatic rings. The van der Waals surface area contributed by atoms with Crippen LogP contribution >= 0.6 is 11.6 Å². The molecule has 5 heteroatoms. The summed E-state index contributed by atoms with van der Waals surface area (Å²) in [5.41, 5.74) is 1.75. The van der Waals surface area contributed by atoms with Crippen molar-refractivity contribution in [3.8, 4) is 5.69 Å². The van der Waals surface area contributed by atoms with E-state index in [2.05, 4.69) is 4.98 Å². The van der Waals surface area contributed by atoms with E-state index in [0.29, 0.717) is 11.4 Å². The zero-order valence-electron chi connectivity index (χ0n) is 9.88. The third-order valence-corrected chi connectivity index (χ3v) is 3.06. The Kier molecular flexibility index (Phi) is 3.67. The number of carbonyl (C=O) groups is 1. The quantitative estimate of drug-likeness (QED) is 0.924. The third kappa shape index (κ3) is 2.71. The molecular weight excluding hydrogens is 252 g/mol. The van der Waals surface area contributed by atoms with E-state index in [-0.39, 0.29) is 0 Å². The molecule has 1 atom stereocenters. The van der Waals surface area contributed by atoms with Crippen LogP contribution in [0.4, 0.5) is 0 Å². The van der Waals surface area contributed by atoms with Crippen molar-refractivity contribution in [3.05, 3.63) is 47.5 Å². The lowest BCUT2D eigenvalue weighted by Crippen LogP contribution is -2.12. The van der Waals surface area contributed by atoms with Gasteiger partial charge in [0.15, 0.2) is 0 Å². The van der Waals surface area contributed by atoms with Gasteiger partial charge in [0, 0.05) is 12.4 Å². The van der Waals surface area contributed by atoms with Gasteiger partial charge in [-0.15, -0.1) is 0 Å². The smallest absolute Gasteiger partial charge is 0.306 e. The Morgan fingerprint density at radius 2 is 2.33 bits per heavy atom. The van der Waals surface area contributed by atoms with Crippen LogP contribution < -0.4 is 0 Å². The Bertz CT molecular complexity index is 552. The fourth-order valence-electron chi connectivity index (χ4n) is 1.73. The molecule has 0 radical (unpaired) electrons. The molecule has 0 spiro atoms. The second kappa shape index (κ2) is 5.23. The molecule has 0 aliphatic heterocycles. The number of rotatable bonds is 4. The van der Waals surface area contributed by atoms with Crippen LogP contribution in [0.15, 0.2) is 36.9 Å². The van der Waals surface area contributed by atoms with Crippen molar-refractivity contribution in [2.45, 2.75) is 13.3 Å². The molecule has 0 aliphatic carbocycles. The van der Waals surface area contributed by atoms with Crippen molar-refractivity contribution in [3.63, 3.8) is 0 Å². The number of hydrogen-bond acceptors (Lipinski definition) is 2. The third-order valence-electron chi connectivity index (χ3n) is 2.76. The second-order valence-electron chi connectivity index (χ2n) is 4.20. The highest BCUT2D eigenvalue weighted by Crippen LogP contribution is 2.23. The Hall–Kier alpha value is -1.81. The van der Waals surface area contributed by atoms with Crippen molar-refractivity contribution in [2.75, 3.05) is 0 Å². The number of carboxylic acid groups (broad SMARTS) is 1. The molecule has 1 aromatic heterocycles. The standard InChI is InChI=1S/C13H13ClN2O2/c1-9(13(17)18)6-10-2-3-12(11(14)7-10)16-5-4-15-8-16/h2-5,7-9H,6H2,1H3,(H,17,18). The minimum atomic E-state index is -0.801. The zero-order chi connectivity index (χ0) is 13.1. The van der Waals surface area contributed by atoms with Crippen molar-refractivity contribution in [2.24, 2.45) is 5.92 Å². The first-order valence-electron chi connectivity index (χ1n) is 5.57. The molecule has 2 rings (SSSR count). The van der Waals surface area contributed by atoms with Gasteiger partial charge in [0.25, 0.3) is 0 Å². The Balaban J connectivity index is 2.23. The number of imidazole rings is 1. The lowest BCUT2D eigenvalue weighted by molar-refractivity contribution is -0.141. The molecule has 1 unspecified atom stereocenters. The van der Waals surface area contributed by atoms with Crippen molar-refractivity contribution < 1.29 is 9.90 Å². The summed E-state index contributed by atoms with van der Waals surface area (Å²) in [5, 5.41) is 9.46. The molecule has 0 bridgehead atoms. The maximum atomic E-state index is 10.8. The molecule has 4 nitrogen and oxygen atoms in total. The fourth-order valence-corrected chi connectivity index (χ4v) is 2.03. The van der Waals surface area contributed by atoms with Gasteiger partial charge < -0.3 is 9.67 Å². The molecule has 0 aliphatic rings. The van der Waals surface area contributed by atoms with E-state index in [1.54, 1.807) is 31.7 Å². The number of aliphatic carboxylic acids is 1. The highest BCUT2D eigenvalue weighted by molar-refractivity contribution is 6.32. The van der Waals surface area contributed by atoms with Gasteiger partial charge in [-0.2, -0.15) is 0 Å². The van der Waals surface area contributed by atoms with Gasteiger partial charge >= 0.3 is 5.97 Å². The van der Waals surface area contributed by atoms with Gasteiger partial charge in [-0.1, -0.05) is 24.6 Å². The van der Waals surface area contributed by atoms with Crippen LogP contribution in [0.5, 0.6) is 0 Å². The maximum absolute atomic E-state index is 10.8. The average molecular weight is 265 g/mol. The van der Waals surface area contributed by atoms with E-state index in [9.17, 15) is 4.79 Å². The van der Waals surface area contributed by atoms with E-state index >= 15 is 0 Å². The van der Waals surface area contributed by atoms with Gasteiger partial charge in [-0.3, -0.25) is 4.79 Å². The summed E-state index contributed by atoms with van der Waals surface area (Å²) in [6.07, 6.45) is 5.62. The molecule has 1 N–H and O–H groups in total. The van der Waals surface area contributed by atoms with E-state index in [4.69, 9.17) is 16.7 Å². The van der Waals surface area contributed by atoms with E-state index < -0.39 is 11.9 Å². The maximum Gasteiger partial charge on any atom is 0.306 e. The molecule has 0 fully saturated rings. The van der Waals surface area contributed by atoms with Crippen LogP contribution in [0.3, 0.4) is 0 Å². The zero-order valence-corrected chi connectivity index (χ0v) is 10.6. The van der Waals surface area contributed by atoms with Gasteiger partial charge in [0.1, 0.15) is 0 Å². The van der Waals surface area contributed by atoms with Crippen molar-refractivity contribution in [1.82, 2.24) is 9.55 Å². The highest BCUT2D eigenvalue weighted by Gasteiger charge is 2.12. The number of halogens is 1. The summed E-state index contributed by atoms with van der Waals surface area (Å²) < 4.78 is 1.81. The Morgan fingerprint density at radius 1 is 1.56 bits per heavy atom. The fraction of sp³-hybridized carbons (Fsp3) is 0.231. The number of carboxylic acids is 1. The topological polar surface area (TPSA) is 55.1 Å². The van der Waals surface area contributed by atoms with Gasteiger partial charge in [0.05, 0.1) is 23.0 Å². The lowest BCUT2D eigenvalue weighted by atomic mass is 10.0. The van der Waals surface area contributed by atoms with E-state index in [1.807, 2.05) is 16.7 Å². The average Bonchev–Trinajstić information content (AvgIpc) is 2.82. The second-order valence-corrected chi connectivity index (χ2v) is 4.61. The van der Waals surface area contributed by atoms with Crippen LogP contribution in [0.2, 0.25) is 5.02 Å². The Morgan fingerprint density at radius 3 is 2.89 bits per heavy atom. The molecular formula is C13H13ClN2O2. The monoisotopic (exact) mass is 264 g/mol. The summed E-state index contributed by atoms with van der Waals surface area (Å²) in [7, 11) is 0. The minimum Gasteiger partial charge on any atom is -0.481 e. The summed E-state index contributed by atoms with van der Waals surface area (Å²) in [4.78, 5) is 14.8. The van der Waals surface area contributed by atoms with Gasteiger partial charge in [0.2, 0.25) is 0 Å². The SMILES string of the molecule is CC(Cc1ccc(-n2ccnc2)c(Cl)c1)C(=O)O. The minimum absolute atomic E-state index is 0.417. The largest absolute Gasteiger partial charge is 0.481 e. The molecule has 0 saturated heterocycles. The van der Waals surface area contributed by atoms with Gasteiger partial charge in [-0.25, -0.2) is 4.98 Å². The molecule has 94 valence electrons. The van der Waals surface area contributed by atoms with Crippen molar-refractivity contribution >= 4 is 17.6 Å². The molecule has 0 amide bonds. The van der Waals surface area contributed by atoms with Crippen LogP contribution in [-0.2, 0) is 11.2 Å². The van der Waals surface area contributed by atoms with E-state index in [1.165, 1.54) is 0 Å². The Labute approximate surface area is 110 Å². The number of aromatic nitrogens is 2. The van der Waals surface area contributed by atoms with Crippen LogP contribution in [0.1, 0.15) is 12.5 Å². The molecule has 18 heavy (non-hydrogen) atoms. The first-order chi connectivity index (χ1) is 8.58. The van der Waals surface area contributed by atoms with Crippen LogP contribution in [0.25, 0.3) is 5.69 Å². The molecule has 1 heterocycles. The lowest BCUT2D eigenvalue weighted by Gasteiger charge is -2.09. The van der Waals surface area contributed by atoms with Crippen LogP contribution in [-0.4, -0.2) is 20.6 Å². The molecule has 1 aromatic carbocycles. The van der Waals surface area contributed by atoms with E-state index in [0.717, 1.165) is 11.3 Å². The number of nitrogens with zero attached hydrogens (tertiary/aromatic N) is 2. The highest BCUT2D eigenvalue weighted by atomic mass is 35.5. The first-order valence-corrected chi connectivity index (χ1v) is 5.95. The predicted octanol–water partition coefficient (Wildman–Crippen LogP) is 2.79. The summed E-state index contributed by atoms with van der Waals surface area (Å²) >= 11 is 6.19. The first kappa shape index (κ1) is 12.6. The predicted molar refractivity (Wildman–Crippen MR) is 69.1 cm³/mol. The van der Waals surface area contributed by atoms with Crippen LogP contribution in [0, 0.1) is 5.92 Å². The number of hydrogen-bond donors (Lipinski definition) is 1. The summed E-state index contributed by atoms with van der Waals surface area (Å²) in [6.45, 7) is 1.68. The van der Waals surface area contributed by atoms with Gasteiger partial charge in [-0.05, 0) is 24.1 Å². The normalized spacial score (nSPS) is 12.3. The van der Waals surface area contributed by atoms with Crippen molar-refractivity contribution in [1.29, 1.82) is 0 Å².